The summed E-state index contributed by atoms with van der Waals surface area (Å²) < 4.78 is 44.9. The van der Waals surface area contributed by atoms with Crippen LogP contribution in [0.3, 0.4) is 0 Å². The SMILES string of the molecule is O=C(C/C(=N/NC(=O)c1sc2ccccc2c1Cl)C(F)(F)F)c1ccco1. The number of Topliss-reactive ketones (excluding diaryl/α,β-unsaturated/α-hetero) is 1. The standard InChI is InChI=1S/C17H10ClF3N2O3S/c18-14-9-4-1-2-6-12(9)27-15(14)16(25)23-22-13(17(19,20)21)8-10(24)11-5-3-7-26-11/h1-7H,8H2,(H,23,25)/b22-13-. The van der Waals surface area contributed by atoms with Crippen molar-refractivity contribution < 1.29 is 27.2 Å². The molecular weight excluding hydrogens is 405 g/mol. The highest BCUT2D eigenvalue weighted by molar-refractivity contribution is 7.21. The van der Waals surface area contributed by atoms with Gasteiger partial charge in [-0.2, -0.15) is 18.3 Å². The number of nitrogens with zero attached hydrogens (tertiary/aromatic N) is 1. The number of halogens is 4. The van der Waals surface area contributed by atoms with Crippen molar-refractivity contribution in [1.29, 1.82) is 0 Å². The van der Waals surface area contributed by atoms with Gasteiger partial charge in [-0.25, -0.2) is 5.43 Å². The Labute approximate surface area is 159 Å². The molecule has 3 rings (SSSR count). The topological polar surface area (TPSA) is 71.7 Å². The van der Waals surface area contributed by atoms with Crippen molar-refractivity contribution in [2.45, 2.75) is 12.6 Å². The number of ketones is 1. The predicted octanol–water partition coefficient (Wildman–Crippen LogP) is 5.07. The lowest BCUT2D eigenvalue weighted by Gasteiger charge is -2.09. The summed E-state index contributed by atoms with van der Waals surface area (Å²) in [5, 5.41) is 3.85. The molecule has 0 saturated carbocycles. The zero-order valence-electron chi connectivity index (χ0n) is 13.3. The highest BCUT2D eigenvalue weighted by Gasteiger charge is 2.38. The average molecular weight is 415 g/mol. The van der Waals surface area contributed by atoms with Crippen LogP contribution < -0.4 is 5.43 Å². The average Bonchev–Trinajstić information content (AvgIpc) is 3.26. The molecule has 0 aliphatic rings. The van der Waals surface area contributed by atoms with Crippen LogP contribution in [0.15, 0.2) is 52.2 Å². The highest BCUT2D eigenvalue weighted by atomic mass is 35.5. The number of hydrogen-bond acceptors (Lipinski definition) is 5. The maximum absolute atomic E-state index is 13.1. The summed E-state index contributed by atoms with van der Waals surface area (Å²) in [4.78, 5) is 24.1. The molecule has 0 aliphatic heterocycles. The van der Waals surface area contributed by atoms with Crippen molar-refractivity contribution in [1.82, 2.24) is 5.43 Å². The first-order valence-corrected chi connectivity index (χ1v) is 8.64. The second-order valence-corrected chi connectivity index (χ2v) is 6.75. The smallest absolute Gasteiger partial charge is 0.431 e. The first-order valence-electron chi connectivity index (χ1n) is 7.45. The van der Waals surface area contributed by atoms with Crippen molar-refractivity contribution in [3.05, 3.63) is 58.3 Å². The van der Waals surface area contributed by atoms with Gasteiger partial charge in [-0.1, -0.05) is 29.8 Å². The van der Waals surface area contributed by atoms with E-state index in [1.165, 1.54) is 18.4 Å². The van der Waals surface area contributed by atoms with Gasteiger partial charge in [0.15, 0.2) is 5.76 Å². The zero-order chi connectivity index (χ0) is 19.6. The van der Waals surface area contributed by atoms with Crippen molar-refractivity contribution in [2.24, 2.45) is 5.10 Å². The Balaban J connectivity index is 1.82. The van der Waals surface area contributed by atoms with Crippen LogP contribution in [0.25, 0.3) is 10.1 Å². The number of nitrogens with one attached hydrogen (secondary N) is 1. The van der Waals surface area contributed by atoms with Crippen LogP contribution in [0, 0.1) is 0 Å². The van der Waals surface area contributed by atoms with Crippen LogP contribution in [-0.4, -0.2) is 23.6 Å². The molecule has 0 aliphatic carbocycles. The highest BCUT2D eigenvalue weighted by Crippen LogP contribution is 2.35. The van der Waals surface area contributed by atoms with Crippen LogP contribution in [0.5, 0.6) is 0 Å². The van der Waals surface area contributed by atoms with E-state index in [2.05, 4.69) is 5.10 Å². The number of hydrazone groups is 1. The van der Waals surface area contributed by atoms with E-state index in [9.17, 15) is 22.8 Å². The van der Waals surface area contributed by atoms with Gasteiger partial charge in [-0.05, 0) is 18.2 Å². The fraction of sp³-hybridized carbons (Fsp3) is 0.118. The van der Waals surface area contributed by atoms with E-state index in [0.29, 0.717) is 10.1 Å². The Bertz CT molecular complexity index is 1030. The zero-order valence-corrected chi connectivity index (χ0v) is 14.9. The number of carbonyl (C=O) groups is 2. The number of furan rings is 1. The molecule has 1 N–H and O–H groups in total. The summed E-state index contributed by atoms with van der Waals surface area (Å²) in [5.41, 5.74) is 0.381. The summed E-state index contributed by atoms with van der Waals surface area (Å²) >= 11 is 7.15. The number of alkyl halides is 3. The van der Waals surface area contributed by atoms with E-state index >= 15 is 0 Å². The Kier molecular flexibility index (Phi) is 5.33. The molecule has 3 aromatic rings. The van der Waals surface area contributed by atoms with E-state index in [4.69, 9.17) is 16.0 Å². The third-order valence-corrected chi connectivity index (χ3v) is 5.16. The molecule has 0 spiro atoms. The van der Waals surface area contributed by atoms with Gasteiger partial charge in [-0.15, -0.1) is 11.3 Å². The molecule has 0 saturated heterocycles. The number of benzene rings is 1. The maximum Gasteiger partial charge on any atom is 0.431 e. The van der Waals surface area contributed by atoms with Crippen LogP contribution in [-0.2, 0) is 0 Å². The number of carbonyl (C=O) groups excluding carboxylic acids is 2. The molecule has 140 valence electrons. The Morgan fingerprint density at radius 1 is 1.19 bits per heavy atom. The molecule has 0 fully saturated rings. The second-order valence-electron chi connectivity index (χ2n) is 5.32. The maximum atomic E-state index is 13.1. The van der Waals surface area contributed by atoms with E-state index in [-0.39, 0.29) is 15.7 Å². The molecule has 5 nitrogen and oxygen atoms in total. The van der Waals surface area contributed by atoms with Crippen molar-refractivity contribution in [3.8, 4) is 0 Å². The molecule has 2 aromatic heterocycles. The third-order valence-electron chi connectivity index (χ3n) is 3.48. The summed E-state index contributed by atoms with van der Waals surface area (Å²) in [6, 6.07) is 9.51. The predicted molar refractivity (Wildman–Crippen MR) is 95.4 cm³/mol. The summed E-state index contributed by atoms with van der Waals surface area (Å²) in [7, 11) is 0. The molecule has 0 bridgehead atoms. The van der Waals surface area contributed by atoms with E-state index in [1.54, 1.807) is 24.3 Å². The molecule has 1 amide bonds. The van der Waals surface area contributed by atoms with Crippen LogP contribution >= 0.6 is 22.9 Å². The third kappa shape index (κ3) is 4.20. The van der Waals surface area contributed by atoms with Gasteiger partial charge in [0.2, 0.25) is 5.78 Å². The normalized spacial score (nSPS) is 12.4. The number of fused-ring (bicyclic) bond motifs is 1. The molecule has 0 unspecified atom stereocenters. The Morgan fingerprint density at radius 2 is 1.93 bits per heavy atom. The summed E-state index contributed by atoms with van der Waals surface area (Å²) in [5.74, 6) is -2.04. The van der Waals surface area contributed by atoms with Gasteiger partial charge in [0, 0.05) is 10.1 Å². The first kappa shape index (κ1) is 19.1. The minimum atomic E-state index is -4.90. The van der Waals surface area contributed by atoms with Gasteiger partial charge in [0.1, 0.15) is 10.6 Å². The quantitative estimate of drug-likeness (QED) is 0.360. The summed E-state index contributed by atoms with van der Waals surface area (Å²) in [6.45, 7) is 0. The monoisotopic (exact) mass is 414 g/mol. The lowest BCUT2D eigenvalue weighted by molar-refractivity contribution is -0.0605. The van der Waals surface area contributed by atoms with Gasteiger partial charge < -0.3 is 4.42 Å². The van der Waals surface area contributed by atoms with E-state index < -0.39 is 30.0 Å². The van der Waals surface area contributed by atoms with Gasteiger partial charge in [0.05, 0.1) is 17.7 Å². The largest absolute Gasteiger partial charge is 0.461 e. The second kappa shape index (κ2) is 7.53. The lowest BCUT2D eigenvalue weighted by Crippen LogP contribution is -2.30. The molecule has 0 radical (unpaired) electrons. The molecule has 10 heteroatoms. The van der Waals surface area contributed by atoms with Crippen LogP contribution in [0.2, 0.25) is 5.02 Å². The number of rotatable bonds is 5. The molecule has 1 aromatic carbocycles. The molecule has 0 atom stereocenters. The fourth-order valence-electron chi connectivity index (χ4n) is 2.21. The van der Waals surface area contributed by atoms with Gasteiger partial charge in [-0.3, -0.25) is 9.59 Å². The molecule has 2 heterocycles. The fourth-order valence-corrected chi connectivity index (χ4v) is 3.62. The van der Waals surface area contributed by atoms with Crippen LogP contribution in [0.1, 0.15) is 26.6 Å². The summed E-state index contributed by atoms with van der Waals surface area (Å²) in [6.07, 6.45) is -4.81. The number of amides is 1. The van der Waals surface area contributed by atoms with Gasteiger partial charge in [0.25, 0.3) is 5.91 Å². The van der Waals surface area contributed by atoms with Crippen LogP contribution in [0.4, 0.5) is 13.2 Å². The first-order chi connectivity index (χ1) is 12.8. The number of thiophene rings is 1. The Hall–Kier alpha value is -2.65. The minimum absolute atomic E-state index is 0.0282. The molecular formula is C17H10ClF3N2O3S. The van der Waals surface area contributed by atoms with Crippen molar-refractivity contribution >= 4 is 50.4 Å². The van der Waals surface area contributed by atoms with Crippen molar-refractivity contribution in [3.63, 3.8) is 0 Å². The van der Waals surface area contributed by atoms with Gasteiger partial charge >= 0.3 is 6.18 Å². The van der Waals surface area contributed by atoms with E-state index in [0.717, 1.165) is 11.3 Å². The lowest BCUT2D eigenvalue weighted by atomic mass is 10.1. The minimum Gasteiger partial charge on any atom is -0.461 e. The van der Waals surface area contributed by atoms with Crippen molar-refractivity contribution in [2.75, 3.05) is 0 Å². The molecule has 27 heavy (non-hydrogen) atoms. The van der Waals surface area contributed by atoms with E-state index in [1.807, 2.05) is 5.43 Å². The number of hydrogen-bond donors (Lipinski definition) is 1. The Morgan fingerprint density at radius 3 is 2.56 bits per heavy atom.